The van der Waals surface area contributed by atoms with Crippen molar-refractivity contribution in [3.8, 4) is 0 Å². The number of nitrogens with one attached hydrogen (secondary N) is 1. The second-order valence-electron chi connectivity index (χ2n) is 11.2. The van der Waals surface area contributed by atoms with Gasteiger partial charge in [-0.25, -0.2) is 23.6 Å². The van der Waals surface area contributed by atoms with Crippen LogP contribution in [0.3, 0.4) is 0 Å². The summed E-state index contributed by atoms with van der Waals surface area (Å²) in [5, 5.41) is 0. The highest BCUT2D eigenvalue weighted by Crippen LogP contribution is 2.35. The maximum Gasteiger partial charge on any atom is 0.417 e. The molecular formula is C28H36N4O4S. The number of aryl methyl sites for hydroxylation is 1. The van der Waals surface area contributed by atoms with E-state index in [0.29, 0.717) is 12.2 Å². The minimum Gasteiger partial charge on any atom is -0.441 e. The number of carbonyl (C=O) groups excluding carboxylic acids is 2. The van der Waals surface area contributed by atoms with E-state index in [2.05, 4.69) is 4.72 Å². The molecule has 37 heavy (non-hydrogen) atoms. The molecule has 1 aliphatic heterocycles. The summed E-state index contributed by atoms with van der Waals surface area (Å²) in [6, 6.07) is 16.2. The molecular weight excluding hydrogens is 488 g/mol. The Hall–Kier alpha value is -3.04. The van der Waals surface area contributed by atoms with E-state index in [9.17, 15) is 13.8 Å². The molecule has 1 aromatic heterocycles. The molecule has 1 aliphatic rings. The number of rotatable bonds is 7. The fourth-order valence-corrected chi connectivity index (χ4v) is 5.57. The highest BCUT2D eigenvalue weighted by atomic mass is 32.2. The number of hydrogen-bond acceptors (Lipinski definition) is 5. The van der Waals surface area contributed by atoms with Crippen molar-refractivity contribution in [3.05, 3.63) is 66.0 Å². The molecule has 0 saturated carbocycles. The number of ether oxygens (including phenoxy) is 1. The number of aromatic nitrogens is 2. The van der Waals surface area contributed by atoms with Crippen molar-refractivity contribution < 1.29 is 18.5 Å². The van der Waals surface area contributed by atoms with Crippen LogP contribution >= 0.6 is 0 Å². The average molecular weight is 525 g/mol. The summed E-state index contributed by atoms with van der Waals surface area (Å²) in [5.74, 6) is -0.584. The number of carbonyl (C=O) groups is 2. The first-order valence-electron chi connectivity index (χ1n) is 12.5. The number of hydrogen-bond donors (Lipinski definition) is 1. The van der Waals surface area contributed by atoms with E-state index in [0.717, 1.165) is 16.6 Å². The molecule has 0 radical (unpaired) electrons. The Bertz CT molecular complexity index is 1330. The molecule has 1 N–H and O–H groups in total. The smallest absolute Gasteiger partial charge is 0.417 e. The van der Waals surface area contributed by atoms with E-state index in [1.54, 1.807) is 6.92 Å². The van der Waals surface area contributed by atoms with Crippen LogP contribution in [0.1, 0.15) is 59.0 Å². The minimum absolute atomic E-state index is 0.396. The van der Waals surface area contributed by atoms with Gasteiger partial charge in [-0.15, -0.1) is 0 Å². The van der Waals surface area contributed by atoms with E-state index in [-0.39, 0.29) is 0 Å². The zero-order chi connectivity index (χ0) is 27.1. The van der Waals surface area contributed by atoms with Crippen molar-refractivity contribution in [2.24, 2.45) is 13.0 Å². The highest BCUT2D eigenvalue weighted by Gasteiger charge is 2.52. The molecule has 0 aliphatic carbocycles. The molecule has 198 valence electrons. The molecule has 0 unspecified atom stereocenters. The Morgan fingerprint density at radius 2 is 1.76 bits per heavy atom. The van der Waals surface area contributed by atoms with Crippen molar-refractivity contribution in [1.29, 1.82) is 0 Å². The Morgan fingerprint density at radius 1 is 1.14 bits per heavy atom. The van der Waals surface area contributed by atoms with Gasteiger partial charge in [-0.05, 0) is 58.7 Å². The van der Waals surface area contributed by atoms with Gasteiger partial charge in [0.05, 0.1) is 44.8 Å². The highest BCUT2D eigenvalue weighted by molar-refractivity contribution is 7.84. The quantitative estimate of drug-likeness (QED) is 0.485. The van der Waals surface area contributed by atoms with Crippen LogP contribution in [0.4, 0.5) is 4.79 Å². The van der Waals surface area contributed by atoms with Gasteiger partial charge in [0.2, 0.25) is 5.91 Å². The number of cyclic esters (lactones) is 1. The SMILES string of the molecule is C[C@@H](C(=O)N1C(=O)OC(C)(C)[C@@H]1Cc1ccccc1)[C@@H](N[S@](=O)C(C)(C)C)c1nc2ccccc2n1C. The van der Waals surface area contributed by atoms with Crippen molar-refractivity contribution in [1.82, 2.24) is 19.2 Å². The van der Waals surface area contributed by atoms with E-state index >= 15 is 0 Å². The Labute approximate surface area is 221 Å². The second-order valence-corrected chi connectivity index (χ2v) is 13.2. The second kappa shape index (κ2) is 10.0. The number of benzene rings is 2. The van der Waals surface area contributed by atoms with Crippen LogP contribution in [0.15, 0.2) is 54.6 Å². The maximum atomic E-state index is 14.1. The molecule has 2 amide bonds. The Balaban J connectivity index is 1.73. The third kappa shape index (κ3) is 5.33. The zero-order valence-electron chi connectivity index (χ0n) is 22.5. The molecule has 0 spiro atoms. The molecule has 2 heterocycles. The predicted octanol–water partition coefficient (Wildman–Crippen LogP) is 4.67. The maximum absolute atomic E-state index is 14.1. The number of amides is 2. The van der Waals surface area contributed by atoms with Crippen molar-refractivity contribution in [2.45, 2.75) is 70.4 Å². The van der Waals surface area contributed by atoms with Gasteiger partial charge in [0.25, 0.3) is 0 Å². The van der Waals surface area contributed by atoms with E-state index in [4.69, 9.17) is 9.72 Å². The van der Waals surface area contributed by atoms with Gasteiger partial charge in [0, 0.05) is 7.05 Å². The number of imide groups is 1. The van der Waals surface area contributed by atoms with Gasteiger partial charge >= 0.3 is 6.09 Å². The largest absolute Gasteiger partial charge is 0.441 e. The lowest BCUT2D eigenvalue weighted by Gasteiger charge is -2.32. The lowest BCUT2D eigenvalue weighted by molar-refractivity contribution is -0.134. The number of imidazole rings is 1. The molecule has 8 nitrogen and oxygen atoms in total. The molecule has 2 aromatic carbocycles. The van der Waals surface area contributed by atoms with Crippen LogP contribution in [0, 0.1) is 5.92 Å². The average Bonchev–Trinajstić information content (AvgIpc) is 3.28. The van der Waals surface area contributed by atoms with Gasteiger partial charge in [0.15, 0.2) is 0 Å². The van der Waals surface area contributed by atoms with Crippen molar-refractivity contribution >= 4 is 34.0 Å². The zero-order valence-corrected chi connectivity index (χ0v) is 23.3. The van der Waals surface area contributed by atoms with Crippen LogP contribution < -0.4 is 4.72 Å². The summed E-state index contributed by atoms with van der Waals surface area (Å²) >= 11 is 0. The van der Waals surface area contributed by atoms with Crippen LogP contribution in [0.2, 0.25) is 0 Å². The molecule has 4 atom stereocenters. The topological polar surface area (TPSA) is 93.5 Å². The van der Waals surface area contributed by atoms with E-state index in [1.165, 1.54) is 4.90 Å². The third-order valence-electron chi connectivity index (χ3n) is 6.95. The van der Waals surface area contributed by atoms with Gasteiger partial charge < -0.3 is 9.30 Å². The lowest BCUT2D eigenvalue weighted by atomic mass is 9.90. The predicted molar refractivity (Wildman–Crippen MR) is 145 cm³/mol. The first kappa shape index (κ1) is 27.0. The fourth-order valence-electron chi connectivity index (χ4n) is 4.67. The Morgan fingerprint density at radius 3 is 2.38 bits per heavy atom. The van der Waals surface area contributed by atoms with Crippen LogP contribution in [0.5, 0.6) is 0 Å². The van der Waals surface area contributed by atoms with Crippen molar-refractivity contribution in [3.63, 3.8) is 0 Å². The first-order chi connectivity index (χ1) is 17.3. The monoisotopic (exact) mass is 524 g/mol. The normalized spacial score (nSPS) is 20.0. The molecule has 3 aromatic rings. The summed E-state index contributed by atoms with van der Waals surface area (Å²) < 4.78 is 23.4. The van der Waals surface area contributed by atoms with Crippen LogP contribution in [0.25, 0.3) is 11.0 Å². The standard InChI is InChI=1S/C28H36N4O4S/c1-18(25(33)32-22(28(5,6)36-26(32)34)17-19-13-9-8-10-14-19)23(30-37(35)27(2,3)4)24-29-20-15-11-12-16-21(20)31(24)7/h8-16,18,22-23,30H,17H2,1-7H3/t18-,22+,23-,37-/m1/s1. The molecule has 9 heteroatoms. The summed E-state index contributed by atoms with van der Waals surface area (Å²) in [4.78, 5) is 33.2. The Kier molecular flexibility index (Phi) is 7.32. The van der Waals surface area contributed by atoms with E-state index in [1.807, 2.05) is 101 Å². The third-order valence-corrected chi connectivity index (χ3v) is 8.53. The summed E-state index contributed by atoms with van der Waals surface area (Å²) in [7, 11) is 0.386. The summed E-state index contributed by atoms with van der Waals surface area (Å²) in [5.41, 5.74) is 1.81. The van der Waals surface area contributed by atoms with Crippen LogP contribution in [-0.4, -0.2) is 47.1 Å². The van der Waals surface area contributed by atoms with Gasteiger partial charge in [-0.2, -0.15) is 0 Å². The number of para-hydroxylation sites is 2. The summed E-state index contributed by atoms with van der Waals surface area (Å²) in [6.07, 6.45) is -0.195. The lowest BCUT2D eigenvalue weighted by Crippen LogP contribution is -2.50. The van der Waals surface area contributed by atoms with Crippen molar-refractivity contribution in [2.75, 3.05) is 0 Å². The first-order valence-corrected chi connectivity index (χ1v) is 13.7. The number of nitrogens with zero attached hydrogens (tertiary/aromatic N) is 3. The molecule has 4 rings (SSSR count). The van der Waals surface area contributed by atoms with Gasteiger partial charge in [0.1, 0.15) is 11.4 Å². The van der Waals surface area contributed by atoms with Gasteiger partial charge in [-0.1, -0.05) is 49.4 Å². The molecule has 1 fully saturated rings. The minimum atomic E-state index is -1.49. The fraction of sp³-hybridized carbons (Fsp3) is 0.464. The summed E-state index contributed by atoms with van der Waals surface area (Å²) in [6.45, 7) is 11.0. The van der Waals surface area contributed by atoms with Gasteiger partial charge in [-0.3, -0.25) is 4.79 Å². The molecule has 1 saturated heterocycles. The molecule has 0 bridgehead atoms. The number of fused-ring (bicyclic) bond motifs is 1. The van der Waals surface area contributed by atoms with Crippen LogP contribution in [-0.2, 0) is 34.0 Å². The van der Waals surface area contributed by atoms with E-state index < -0.39 is 51.3 Å².